The minimum absolute atomic E-state index is 0.306. The fourth-order valence-electron chi connectivity index (χ4n) is 3.16. The van der Waals surface area contributed by atoms with E-state index in [0.29, 0.717) is 18.6 Å². The molecule has 0 amide bonds. The molecule has 2 aliphatic heterocycles. The smallest absolute Gasteiger partial charge is 0.151 e. The third kappa shape index (κ3) is 3.66. The molecule has 3 heterocycles. The highest BCUT2D eigenvalue weighted by Crippen LogP contribution is 2.28. The van der Waals surface area contributed by atoms with Crippen molar-refractivity contribution in [1.82, 2.24) is 4.98 Å². The van der Waals surface area contributed by atoms with Crippen molar-refractivity contribution in [3.8, 4) is 0 Å². The predicted molar refractivity (Wildman–Crippen MR) is 83.7 cm³/mol. The number of piperidine rings is 1. The van der Waals surface area contributed by atoms with Gasteiger partial charge in [-0.05, 0) is 43.7 Å². The predicted octanol–water partition coefficient (Wildman–Crippen LogP) is 1.88. The quantitative estimate of drug-likeness (QED) is 0.887. The summed E-state index contributed by atoms with van der Waals surface area (Å²) in [6.07, 6.45) is 6.21. The molecule has 1 atom stereocenters. The lowest BCUT2D eigenvalue weighted by atomic mass is 9.98. The Bertz CT molecular complexity index is 441. The summed E-state index contributed by atoms with van der Waals surface area (Å²) in [5.74, 6) is 1.49. The van der Waals surface area contributed by atoms with Gasteiger partial charge in [0.1, 0.15) is 0 Å². The topological polar surface area (TPSA) is 57.6 Å². The van der Waals surface area contributed by atoms with Gasteiger partial charge in [0.15, 0.2) is 5.82 Å². The number of aliphatic hydroxyl groups is 1. The van der Waals surface area contributed by atoms with Crippen LogP contribution in [0.3, 0.4) is 0 Å². The van der Waals surface area contributed by atoms with Crippen molar-refractivity contribution in [2.75, 3.05) is 43.1 Å². The number of hydrogen-bond acceptors (Lipinski definition) is 5. The van der Waals surface area contributed by atoms with Crippen molar-refractivity contribution < 1.29 is 9.84 Å². The summed E-state index contributed by atoms with van der Waals surface area (Å²) in [5.41, 5.74) is 1.11. The maximum absolute atomic E-state index is 9.26. The third-order valence-electron chi connectivity index (χ3n) is 4.48. The maximum Gasteiger partial charge on any atom is 0.151 e. The molecule has 0 bridgehead atoms. The first-order valence-corrected chi connectivity index (χ1v) is 8.02. The Labute approximate surface area is 126 Å². The van der Waals surface area contributed by atoms with Gasteiger partial charge in [0.2, 0.25) is 0 Å². The Morgan fingerprint density at radius 3 is 2.90 bits per heavy atom. The number of nitrogens with one attached hydrogen (secondary N) is 1. The number of pyridine rings is 1. The van der Waals surface area contributed by atoms with Gasteiger partial charge in [-0.1, -0.05) is 0 Å². The van der Waals surface area contributed by atoms with Crippen molar-refractivity contribution in [3.05, 3.63) is 18.3 Å². The van der Waals surface area contributed by atoms with Crippen molar-refractivity contribution >= 4 is 11.5 Å². The number of nitrogens with zero attached hydrogens (tertiary/aromatic N) is 2. The molecule has 2 aliphatic rings. The van der Waals surface area contributed by atoms with Crippen LogP contribution in [0.15, 0.2) is 18.3 Å². The monoisotopic (exact) mass is 291 g/mol. The first-order valence-electron chi connectivity index (χ1n) is 8.02. The number of anilines is 2. The van der Waals surface area contributed by atoms with E-state index in [1.54, 1.807) is 0 Å². The second kappa shape index (κ2) is 7.09. The Morgan fingerprint density at radius 1 is 1.33 bits per heavy atom. The third-order valence-corrected chi connectivity index (χ3v) is 4.48. The largest absolute Gasteiger partial charge is 0.396 e. The van der Waals surface area contributed by atoms with Crippen LogP contribution in [-0.2, 0) is 4.74 Å². The first-order chi connectivity index (χ1) is 10.4. The maximum atomic E-state index is 9.26. The summed E-state index contributed by atoms with van der Waals surface area (Å²) >= 11 is 0. The van der Waals surface area contributed by atoms with Gasteiger partial charge in [-0.3, -0.25) is 0 Å². The van der Waals surface area contributed by atoms with Crippen molar-refractivity contribution in [3.63, 3.8) is 0 Å². The van der Waals surface area contributed by atoms with Crippen LogP contribution in [0.2, 0.25) is 0 Å². The molecule has 0 aromatic carbocycles. The van der Waals surface area contributed by atoms with Crippen LogP contribution in [0.5, 0.6) is 0 Å². The van der Waals surface area contributed by atoms with E-state index in [2.05, 4.69) is 21.3 Å². The SMILES string of the molecule is OCC1CCN(c2ncccc2N[C@H]2CCCOC2)CC1. The average Bonchev–Trinajstić information content (AvgIpc) is 2.56. The van der Waals surface area contributed by atoms with Crippen molar-refractivity contribution in [2.45, 2.75) is 31.7 Å². The molecule has 116 valence electrons. The zero-order valence-corrected chi connectivity index (χ0v) is 12.5. The molecule has 0 radical (unpaired) electrons. The van der Waals surface area contributed by atoms with Crippen molar-refractivity contribution in [2.24, 2.45) is 5.92 Å². The van der Waals surface area contributed by atoms with E-state index in [4.69, 9.17) is 4.74 Å². The molecule has 5 nitrogen and oxygen atoms in total. The van der Waals surface area contributed by atoms with Gasteiger partial charge in [0.05, 0.1) is 12.3 Å². The summed E-state index contributed by atoms with van der Waals surface area (Å²) in [4.78, 5) is 6.91. The normalized spacial score (nSPS) is 24.0. The van der Waals surface area contributed by atoms with Gasteiger partial charge in [-0.15, -0.1) is 0 Å². The summed E-state index contributed by atoms with van der Waals surface area (Å²) in [6, 6.07) is 4.47. The lowest BCUT2D eigenvalue weighted by Crippen LogP contribution is -2.36. The zero-order valence-electron chi connectivity index (χ0n) is 12.5. The zero-order chi connectivity index (χ0) is 14.5. The number of rotatable bonds is 4. The van der Waals surface area contributed by atoms with E-state index < -0.39 is 0 Å². The van der Waals surface area contributed by atoms with E-state index in [1.807, 2.05) is 12.3 Å². The second-order valence-corrected chi connectivity index (χ2v) is 6.05. The molecule has 21 heavy (non-hydrogen) atoms. The Morgan fingerprint density at radius 2 is 2.19 bits per heavy atom. The highest BCUT2D eigenvalue weighted by Gasteiger charge is 2.22. The first kappa shape index (κ1) is 14.6. The van der Waals surface area contributed by atoms with Crippen LogP contribution in [0, 0.1) is 5.92 Å². The summed E-state index contributed by atoms with van der Waals surface area (Å²) in [5, 5.41) is 12.9. The lowest BCUT2D eigenvalue weighted by molar-refractivity contribution is 0.0876. The molecule has 0 aliphatic carbocycles. The molecule has 0 saturated carbocycles. The number of aromatic nitrogens is 1. The molecule has 0 spiro atoms. The highest BCUT2D eigenvalue weighted by atomic mass is 16.5. The minimum atomic E-state index is 0.306. The summed E-state index contributed by atoms with van der Waals surface area (Å²) < 4.78 is 5.54. The summed E-state index contributed by atoms with van der Waals surface area (Å²) in [7, 11) is 0. The minimum Gasteiger partial charge on any atom is -0.396 e. The summed E-state index contributed by atoms with van der Waals surface area (Å²) in [6.45, 7) is 3.91. The Balaban J connectivity index is 1.67. The van der Waals surface area contributed by atoms with Gasteiger partial charge in [0, 0.05) is 38.5 Å². The van der Waals surface area contributed by atoms with Crippen LogP contribution in [-0.4, -0.2) is 49.0 Å². The van der Waals surface area contributed by atoms with Crippen LogP contribution < -0.4 is 10.2 Å². The number of aliphatic hydroxyl groups excluding tert-OH is 1. The van der Waals surface area contributed by atoms with E-state index in [1.165, 1.54) is 0 Å². The molecule has 5 heteroatoms. The van der Waals surface area contributed by atoms with Crippen LogP contribution in [0.25, 0.3) is 0 Å². The van der Waals surface area contributed by atoms with Crippen LogP contribution in [0.4, 0.5) is 11.5 Å². The number of hydrogen-bond donors (Lipinski definition) is 2. The van der Waals surface area contributed by atoms with E-state index in [-0.39, 0.29) is 0 Å². The highest BCUT2D eigenvalue weighted by molar-refractivity contribution is 5.66. The average molecular weight is 291 g/mol. The van der Waals surface area contributed by atoms with Gasteiger partial charge >= 0.3 is 0 Å². The molecule has 3 rings (SSSR count). The lowest BCUT2D eigenvalue weighted by Gasteiger charge is -2.34. The van der Waals surface area contributed by atoms with E-state index in [0.717, 1.165) is 63.5 Å². The van der Waals surface area contributed by atoms with E-state index in [9.17, 15) is 5.11 Å². The molecule has 2 fully saturated rings. The fraction of sp³-hybridized carbons (Fsp3) is 0.688. The fourth-order valence-corrected chi connectivity index (χ4v) is 3.16. The molecule has 1 aromatic rings. The van der Waals surface area contributed by atoms with Crippen LogP contribution in [0.1, 0.15) is 25.7 Å². The second-order valence-electron chi connectivity index (χ2n) is 6.05. The molecule has 0 unspecified atom stereocenters. The van der Waals surface area contributed by atoms with Gasteiger partial charge in [-0.2, -0.15) is 0 Å². The van der Waals surface area contributed by atoms with Gasteiger partial charge in [-0.25, -0.2) is 4.98 Å². The standard InChI is InChI=1S/C16H25N3O2/c20-11-13-5-8-19(9-6-13)16-15(4-1-7-17-16)18-14-3-2-10-21-12-14/h1,4,7,13-14,18,20H,2-3,5-6,8-12H2/t14-/m0/s1. The van der Waals surface area contributed by atoms with Gasteiger partial charge in [0.25, 0.3) is 0 Å². The molecule has 2 saturated heterocycles. The number of ether oxygens (including phenoxy) is 1. The molecule has 2 N–H and O–H groups in total. The van der Waals surface area contributed by atoms with Crippen LogP contribution >= 0.6 is 0 Å². The van der Waals surface area contributed by atoms with E-state index >= 15 is 0 Å². The molecular formula is C16H25N3O2. The van der Waals surface area contributed by atoms with Gasteiger partial charge < -0.3 is 20.1 Å². The molecule has 1 aromatic heterocycles. The molecular weight excluding hydrogens is 266 g/mol. The Hall–Kier alpha value is -1.33. The van der Waals surface area contributed by atoms with Crippen molar-refractivity contribution in [1.29, 1.82) is 0 Å². The Kier molecular flexibility index (Phi) is 4.93.